The van der Waals surface area contributed by atoms with Gasteiger partial charge in [-0.15, -0.1) is 0 Å². The molecule has 2 N–H and O–H groups in total. The molecule has 1 aliphatic heterocycles. The van der Waals surface area contributed by atoms with Crippen LogP contribution < -0.4 is 15.4 Å². The van der Waals surface area contributed by atoms with Gasteiger partial charge in [0.05, 0.1) is 24.3 Å². The molecule has 3 heterocycles. The summed E-state index contributed by atoms with van der Waals surface area (Å²) < 4.78 is 11.7. The van der Waals surface area contributed by atoms with Gasteiger partial charge in [0.1, 0.15) is 17.4 Å². The predicted molar refractivity (Wildman–Crippen MR) is 120 cm³/mol. The Hall–Kier alpha value is -2.81. The fourth-order valence-electron chi connectivity index (χ4n) is 3.43. The summed E-state index contributed by atoms with van der Waals surface area (Å²) in [7, 11) is 0. The Balaban J connectivity index is 1.69. The molecule has 162 valence electrons. The van der Waals surface area contributed by atoms with Gasteiger partial charge in [0.25, 0.3) is 0 Å². The third kappa shape index (κ3) is 4.92. The lowest BCUT2D eigenvalue weighted by Gasteiger charge is -2.29. The summed E-state index contributed by atoms with van der Waals surface area (Å²) in [5, 5.41) is 0.551. The van der Waals surface area contributed by atoms with Crippen LogP contribution in [0.1, 0.15) is 17.0 Å². The maximum absolute atomic E-state index is 6.27. The van der Waals surface area contributed by atoms with Gasteiger partial charge in [0.2, 0.25) is 5.88 Å². The summed E-state index contributed by atoms with van der Waals surface area (Å²) in [5.74, 6) is 3.06. The summed E-state index contributed by atoms with van der Waals surface area (Å²) in [4.78, 5) is 20.3. The molecule has 1 aromatic carbocycles. The first-order valence-electron chi connectivity index (χ1n) is 10.2. The van der Waals surface area contributed by atoms with E-state index >= 15 is 0 Å². The summed E-state index contributed by atoms with van der Waals surface area (Å²) in [5.41, 5.74) is 8.19. The van der Waals surface area contributed by atoms with Crippen molar-refractivity contribution in [1.82, 2.24) is 19.9 Å². The molecule has 9 heteroatoms. The SMILES string of the molecule is Cc1nc(Oc2cc(Cl)ccc2-c2ncc(CCN)cn2)c(C)c(N2CCOCC2)n1. The van der Waals surface area contributed by atoms with Crippen LogP contribution in [-0.4, -0.2) is 52.8 Å². The maximum Gasteiger partial charge on any atom is 0.227 e. The number of anilines is 1. The molecule has 0 amide bonds. The zero-order valence-electron chi connectivity index (χ0n) is 17.6. The first-order valence-corrected chi connectivity index (χ1v) is 10.6. The first-order chi connectivity index (χ1) is 15.0. The van der Waals surface area contributed by atoms with Crippen LogP contribution in [0.25, 0.3) is 11.4 Å². The van der Waals surface area contributed by atoms with Gasteiger partial charge in [-0.3, -0.25) is 0 Å². The molecular formula is C22H25ClN6O2. The molecule has 0 spiro atoms. The van der Waals surface area contributed by atoms with Crippen LogP contribution >= 0.6 is 11.6 Å². The first kappa shape index (κ1) is 21.4. The Labute approximate surface area is 186 Å². The Kier molecular flexibility index (Phi) is 6.60. The molecular weight excluding hydrogens is 416 g/mol. The second kappa shape index (κ2) is 9.55. The number of hydrogen-bond acceptors (Lipinski definition) is 8. The normalized spacial score (nSPS) is 14.0. The van der Waals surface area contributed by atoms with Crippen LogP contribution in [0.15, 0.2) is 30.6 Å². The minimum atomic E-state index is 0.484. The van der Waals surface area contributed by atoms with Crippen molar-refractivity contribution in [3.05, 3.63) is 52.6 Å². The second-order valence-corrected chi connectivity index (χ2v) is 7.76. The smallest absolute Gasteiger partial charge is 0.227 e. The number of nitrogens with two attached hydrogens (primary N) is 1. The van der Waals surface area contributed by atoms with E-state index in [-0.39, 0.29) is 0 Å². The van der Waals surface area contributed by atoms with E-state index in [2.05, 4.69) is 24.8 Å². The van der Waals surface area contributed by atoms with Crippen molar-refractivity contribution in [2.24, 2.45) is 5.73 Å². The van der Waals surface area contributed by atoms with Crippen molar-refractivity contribution in [1.29, 1.82) is 0 Å². The fourth-order valence-corrected chi connectivity index (χ4v) is 3.59. The van der Waals surface area contributed by atoms with Crippen LogP contribution in [-0.2, 0) is 11.2 Å². The number of aryl methyl sites for hydroxylation is 1. The van der Waals surface area contributed by atoms with E-state index in [0.29, 0.717) is 48.1 Å². The van der Waals surface area contributed by atoms with Gasteiger partial charge in [0.15, 0.2) is 5.82 Å². The number of morpholine rings is 1. The Morgan fingerprint density at radius 3 is 2.58 bits per heavy atom. The minimum absolute atomic E-state index is 0.484. The highest BCUT2D eigenvalue weighted by Crippen LogP contribution is 2.36. The topological polar surface area (TPSA) is 99.3 Å². The highest BCUT2D eigenvalue weighted by Gasteiger charge is 2.20. The molecule has 1 fully saturated rings. The second-order valence-electron chi connectivity index (χ2n) is 7.32. The highest BCUT2D eigenvalue weighted by atomic mass is 35.5. The molecule has 0 unspecified atom stereocenters. The molecule has 2 aromatic heterocycles. The lowest BCUT2D eigenvalue weighted by Crippen LogP contribution is -2.37. The Morgan fingerprint density at radius 1 is 1.13 bits per heavy atom. The summed E-state index contributed by atoms with van der Waals surface area (Å²) in [6.45, 7) is 7.28. The zero-order valence-corrected chi connectivity index (χ0v) is 18.4. The van der Waals surface area contributed by atoms with E-state index in [1.165, 1.54) is 0 Å². The average Bonchev–Trinajstić information content (AvgIpc) is 2.78. The molecule has 0 radical (unpaired) electrons. The molecule has 1 aliphatic rings. The van der Waals surface area contributed by atoms with Crippen molar-refractivity contribution >= 4 is 17.4 Å². The van der Waals surface area contributed by atoms with E-state index in [9.17, 15) is 0 Å². The quantitative estimate of drug-likeness (QED) is 0.623. The number of aromatic nitrogens is 4. The zero-order chi connectivity index (χ0) is 21.8. The molecule has 0 saturated carbocycles. The van der Waals surface area contributed by atoms with Gasteiger partial charge in [-0.25, -0.2) is 15.0 Å². The van der Waals surface area contributed by atoms with E-state index in [1.807, 2.05) is 19.9 Å². The Morgan fingerprint density at radius 2 is 1.87 bits per heavy atom. The van der Waals surface area contributed by atoms with E-state index in [4.69, 9.17) is 26.8 Å². The van der Waals surface area contributed by atoms with Gasteiger partial charge in [-0.1, -0.05) is 11.6 Å². The molecule has 0 aliphatic carbocycles. The van der Waals surface area contributed by atoms with Crippen molar-refractivity contribution in [2.75, 3.05) is 37.7 Å². The monoisotopic (exact) mass is 440 g/mol. The van der Waals surface area contributed by atoms with Crippen LogP contribution in [0.3, 0.4) is 0 Å². The molecule has 4 rings (SSSR count). The average molecular weight is 441 g/mol. The molecule has 0 atom stereocenters. The van der Waals surface area contributed by atoms with Crippen LogP contribution in [0.4, 0.5) is 5.82 Å². The Bertz CT molecular complexity index is 1050. The lowest BCUT2D eigenvalue weighted by atomic mass is 10.1. The number of ether oxygens (including phenoxy) is 2. The maximum atomic E-state index is 6.27. The van der Waals surface area contributed by atoms with Crippen LogP contribution in [0, 0.1) is 13.8 Å². The highest BCUT2D eigenvalue weighted by molar-refractivity contribution is 6.30. The van der Waals surface area contributed by atoms with E-state index in [1.54, 1.807) is 24.5 Å². The van der Waals surface area contributed by atoms with Gasteiger partial charge in [-0.2, -0.15) is 4.98 Å². The fraction of sp³-hybridized carbons (Fsp3) is 0.364. The lowest BCUT2D eigenvalue weighted by molar-refractivity contribution is 0.122. The molecule has 8 nitrogen and oxygen atoms in total. The third-order valence-electron chi connectivity index (χ3n) is 5.03. The van der Waals surface area contributed by atoms with Gasteiger partial charge in [0, 0.05) is 36.6 Å². The largest absolute Gasteiger partial charge is 0.438 e. The number of halogens is 1. The number of hydrogen-bond donors (Lipinski definition) is 1. The molecule has 3 aromatic rings. The van der Waals surface area contributed by atoms with Gasteiger partial charge in [-0.05, 0) is 44.5 Å². The van der Waals surface area contributed by atoms with Crippen molar-refractivity contribution < 1.29 is 9.47 Å². The van der Waals surface area contributed by atoms with E-state index in [0.717, 1.165) is 42.0 Å². The van der Waals surface area contributed by atoms with Gasteiger partial charge >= 0.3 is 0 Å². The number of benzene rings is 1. The third-order valence-corrected chi connectivity index (χ3v) is 5.26. The summed E-state index contributed by atoms with van der Waals surface area (Å²) in [6, 6.07) is 5.39. The van der Waals surface area contributed by atoms with Crippen molar-refractivity contribution in [3.63, 3.8) is 0 Å². The number of rotatable bonds is 6. The predicted octanol–water partition coefficient (Wildman–Crippen LogP) is 3.33. The minimum Gasteiger partial charge on any atom is -0.438 e. The molecule has 31 heavy (non-hydrogen) atoms. The van der Waals surface area contributed by atoms with Crippen molar-refractivity contribution in [3.8, 4) is 23.0 Å². The molecule has 0 bridgehead atoms. The van der Waals surface area contributed by atoms with Crippen LogP contribution in [0.2, 0.25) is 5.02 Å². The number of nitrogens with zero attached hydrogens (tertiary/aromatic N) is 5. The summed E-state index contributed by atoms with van der Waals surface area (Å²) >= 11 is 6.27. The standard InChI is InChI=1S/C22H25ClN6O2/c1-14-21(29-7-9-30-10-8-29)27-15(2)28-22(14)31-19-11-17(23)3-4-18(19)20-25-12-16(5-6-24)13-26-20/h3-4,11-13H,5-10,24H2,1-2H3. The van der Waals surface area contributed by atoms with E-state index < -0.39 is 0 Å². The van der Waals surface area contributed by atoms with Crippen molar-refractivity contribution in [2.45, 2.75) is 20.3 Å². The molecule has 1 saturated heterocycles. The summed E-state index contributed by atoms with van der Waals surface area (Å²) in [6.07, 6.45) is 4.29. The van der Waals surface area contributed by atoms with Crippen LogP contribution in [0.5, 0.6) is 11.6 Å². The van der Waals surface area contributed by atoms with Gasteiger partial charge < -0.3 is 20.1 Å².